The van der Waals surface area contributed by atoms with E-state index in [-0.39, 0.29) is 51.4 Å². The third kappa shape index (κ3) is 5.90. The van der Waals surface area contributed by atoms with Crippen molar-refractivity contribution < 1.29 is 8.85 Å². The van der Waals surface area contributed by atoms with E-state index in [1.165, 1.54) is 0 Å². The molecule has 0 saturated carbocycles. The summed E-state index contributed by atoms with van der Waals surface area (Å²) in [6, 6.07) is 0. The Morgan fingerprint density at radius 1 is 1.00 bits per heavy atom. The predicted octanol–water partition coefficient (Wildman–Crippen LogP) is 0.332. The summed E-state index contributed by atoms with van der Waals surface area (Å²) >= 11 is 0. The molecule has 0 bridgehead atoms. The standard InChI is InChI=1S/C4H12O2Si.K.H/c1-5-7(3,4)6-2;;/h1-4H3;;. The molecule has 0 atom stereocenters. The third-order valence-corrected chi connectivity index (χ3v) is 2.95. The van der Waals surface area contributed by atoms with Crippen molar-refractivity contribution in [3.8, 4) is 0 Å². The first-order valence-electron chi connectivity index (χ1n) is 2.22. The van der Waals surface area contributed by atoms with E-state index in [4.69, 9.17) is 8.85 Å². The molecule has 0 aliphatic heterocycles. The van der Waals surface area contributed by atoms with Crippen LogP contribution in [-0.2, 0) is 8.85 Å². The molecule has 0 N–H and O–H groups in total. The van der Waals surface area contributed by atoms with E-state index in [0.29, 0.717) is 0 Å². The molecular formula is C4H13KO2Si. The summed E-state index contributed by atoms with van der Waals surface area (Å²) in [6.07, 6.45) is 0. The van der Waals surface area contributed by atoms with Crippen LogP contribution >= 0.6 is 0 Å². The van der Waals surface area contributed by atoms with Gasteiger partial charge in [-0.15, -0.1) is 0 Å². The molecular weight excluding hydrogens is 147 g/mol. The van der Waals surface area contributed by atoms with E-state index >= 15 is 0 Å². The summed E-state index contributed by atoms with van der Waals surface area (Å²) in [4.78, 5) is 0. The van der Waals surface area contributed by atoms with Crippen molar-refractivity contribution in [2.24, 2.45) is 0 Å². The van der Waals surface area contributed by atoms with Crippen LogP contribution in [-0.4, -0.2) is 74.2 Å². The van der Waals surface area contributed by atoms with Gasteiger partial charge in [0.1, 0.15) is 0 Å². The summed E-state index contributed by atoms with van der Waals surface area (Å²) in [7, 11) is 1.70. The Morgan fingerprint density at radius 2 is 1.25 bits per heavy atom. The topological polar surface area (TPSA) is 18.5 Å². The van der Waals surface area contributed by atoms with Gasteiger partial charge in [0, 0.05) is 14.2 Å². The molecule has 0 aromatic rings. The average molecular weight is 160 g/mol. The molecule has 0 rings (SSSR count). The van der Waals surface area contributed by atoms with E-state index in [2.05, 4.69) is 0 Å². The summed E-state index contributed by atoms with van der Waals surface area (Å²) in [5.41, 5.74) is 0. The van der Waals surface area contributed by atoms with Crippen molar-refractivity contribution >= 4 is 59.9 Å². The van der Waals surface area contributed by atoms with Gasteiger partial charge in [0.15, 0.2) is 0 Å². The first-order chi connectivity index (χ1) is 3.12. The second-order valence-corrected chi connectivity index (χ2v) is 5.42. The molecule has 0 amide bonds. The third-order valence-electron chi connectivity index (χ3n) is 0.983. The fraction of sp³-hybridized carbons (Fsp3) is 1.00. The summed E-state index contributed by atoms with van der Waals surface area (Å²) in [5, 5.41) is 0. The second kappa shape index (κ2) is 5.55. The molecule has 4 heteroatoms. The maximum atomic E-state index is 5.00. The van der Waals surface area contributed by atoms with Crippen molar-refractivity contribution in [3.63, 3.8) is 0 Å². The molecule has 0 aliphatic carbocycles. The van der Waals surface area contributed by atoms with Gasteiger partial charge in [-0.1, -0.05) is 0 Å². The first-order valence-corrected chi connectivity index (χ1v) is 5.04. The fourth-order valence-electron chi connectivity index (χ4n) is 0.0833. The normalized spacial score (nSPS) is 10.5. The van der Waals surface area contributed by atoms with Crippen molar-refractivity contribution in [1.29, 1.82) is 0 Å². The van der Waals surface area contributed by atoms with Crippen LogP contribution < -0.4 is 0 Å². The van der Waals surface area contributed by atoms with Crippen LogP contribution in [0.4, 0.5) is 0 Å². The van der Waals surface area contributed by atoms with Gasteiger partial charge in [0.25, 0.3) is 0 Å². The maximum absolute atomic E-state index is 5.00. The Kier molecular flexibility index (Phi) is 8.64. The van der Waals surface area contributed by atoms with E-state index in [1.807, 2.05) is 13.1 Å². The van der Waals surface area contributed by atoms with Crippen molar-refractivity contribution in [2.45, 2.75) is 13.1 Å². The molecule has 0 radical (unpaired) electrons. The number of rotatable bonds is 2. The van der Waals surface area contributed by atoms with Crippen LogP contribution in [0.1, 0.15) is 0 Å². The van der Waals surface area contributed by atoms with E-state index in [9.17, 15) is 0 Å². The van der Waals surface area contributed by atoms with Crippen LogP contribution in [0, 0.1) is 0 Å². The second-order valence-electron chi connectivity index (χ2n) is 1.81. The molecule has 0 aromatic heterocycles. The van der Waals surface area contributed by atoms with Gasteiger partial charge < -0.3 is 8.85 Å². The zero-order valence-electron chi connectivity index (χ0n) is 5.32. The SMILES string of the molecule is CO[Si](C)(C)OC.[KH]. The van der Waals surface area contributed by atoms with Gasteiger partial charge in [0.2, 0.25) is 0 Å². The number of hydrogen-bond acceptors (Lipinski definition) is 2. The molecule has 46 valence electrons. The van der Waals surface area contributed by atoms with Gasteiger partial charge in [-0.3, -0.25) is 0 Å². The first kappa shape index (κ1) is 12.4. The molecule has 0 fully saturated rings. The molecule has 0 aliphatic rings. The van der Waals surface area contributed by atoms with Crippen LogP contribution in [0.2, 0.25) is 13.1 Å². The van der Waals surface area contributed by atoms with Gasteiger partial charge in [-0.25, -0.2) is 0 Å². The van der Waals surface area contributed by atoms with Crippen molar-refractivity contribution in [3.05, 3.63) is 0 Å². The van der Waals surface area contributed by atoms with Crippen molar-refractivity contribution in [1.82, 2.24) is 0 Å². The summed E-state index contributed by atoms with van der Waals surface area (Å²) in [5.74, 6) is 0. The Morgan fingerprint density at radius 3 is 1.25 bits per heavy atom. The summed E-state index contributed by atoms with van der Waals surface area (Å²) in [6.45, 7) is 3.99. The molecule has 2 nitrogen and oxygen atoms in total. The monoisotopic (exact) mass is 160 g/mol. The molecule has 0 heterocycles. The zero-order chi connectivity index (χ0) is 5.91. The number of hydrogen-bond donors (Lipinski definition) is 0. The van der Waals surface area contributed by atoms with Crippen LogP contribution in [0.3, 0.4) is 0 Å². The Balaban J connectivity index is 0. The zero-order valence-corrected chi connectivity index (χ0v) is 6.32. The van der Waals surface area contributed by atoms with Gasteiger partial charge in [-0.2, -0.15) is 0 Å². The quantitative estimate of drug-likeness (QED) is 0.542. The van der Waals surface area contributed by atoms with Gasteiger partial charge >= 0.3 is 59.9 Å². The van der Waals surface area contributed by atoms with Crippen molar-refractivity contribution in [2.75, 3.05) is 14.2 Å². The average Bonchev–Trinajstić information content (AvgIpc) is 1.68. The molecule has 0 spiro atoms. The minimum absolute atomic E-state index is 0. The van der Waals surface area contributed by atoms with Crippen LogP contribution in [0.15, 0.2) is 0 Å². The van der Waals surface area contributed by atoms with Gasteiger partial charge in [0.05, 0.1) is 0 Å². The molecule has 0 unspecified atom stereocenters. The van der Waals surface area contributed by atoms with Crippen LogP contribution in [0.5, 0.6) is 0 Å². The van der Waals surface area contributed by atoms with E-state index in [0.717, 1.165) is 0 Å². The van der Waals surface area contributed by atoms with E-state index < -0.39 is 8.56 Å². The Hall–Kier alpha value is 1.77. The molecule has 0 aromatic carbocycles. The fourth-order valence-corrected chi connectivity index (χ4v) is 0.250. The Bertz CT molecular complexity index is 52.0. The van der Waals surface area contributed by atoms with E-state index in [1.54, 1.807) is 14.2 Å². The predicted molar refractivity (Wildman–Crippen MR) is 38.6 cm³/mol. The van der Waals surface area contributed by atoms with Crippen LogP contribution in [0.25, 0.3) is 0 Å². The molecule has 8 heavy (non-hydrogen) atoms. The van der Waals surface area contributed by atoms with Gasteiger partial charge in [-0.05, 0) is 13.1 Å². The Labute approximate surface area is 94.6 Å². The molecule has 0 saturated heterocycles. The summed E-state index contributed by atoms with van der Waals surface area (Å²) < 4.78 is 10.0. The minimum atomic E-state index is -1.65.